The van der Waals surface area contributed by atoms with Crippen LogP contribution in [0.2, 0.25) is 0 Å². The minimum absolute atomic E-state index is 0.145. The maximum Gasteiger partial charge on any atom is 0.387 e. The Kier molecular flexibility index (Phi) is 5.66. The smallest absolute Gasteiger partial charge is 0.387 e. The lowest BCUT2D eigenvalue weighted by atomic mass is 10.1. The van der Waals surface area contributed by atoms with E-state index < -0.39 is 6.61 Å². The SMILES string of the molecule is CF.Cc1nnc(C)c2c(C)n(-c3ccc(OC(F)F)cc3)c(C)c12. The summed E-state index contributed by atoms with van der Waals surface area (Å²) in [6.45, 7) is 5.09. The molecule has 0 aliphatic rings. The zero-order valence-corrected chi connectivity index (χ0v) is 14.8. The molecule has 4 nitrogen and oxygen atoms in total. The molecule has 134 valence electrons. The van der Waals surface area contributed by atoms with Crippen molar-refractivity contribution in [2.75, 3.05) is 7.18 Å². The predicted molar refractivity (Wildman–Crippen MR) is 91.5 cm³/mol. The van der Waals surface area contributed by atoms with Crippen LogP contribution in [-0.2, 0) is 0 Å². The summed E-state index contributed by atoms with van der Waals surface area (Å²) in [5, 5.41) is 10.6. The number of hydrogen-bond donors (Lipinski definition) is 0. The van der Waals surface area contributed by atoms with Gasteiger partial charge >= 0.3 is 6.61 Å². The van der Waals surface area contributed by atoms with Crippen molar-refractivity contribution in [1.82, 2.24) is 14.8 Å². The van der Waals surface area contributed by atoms with Crippen molar-refractivity contribution in [2.45, 2.75) is 34.3 Å². The van der Waals surface area contributed by atoms with E-state index in [1.807, 2.05) is 27.7 Å². The predicted octanol–water partition coefficient (Wildman–Crippen LogP) is 4.84. The first-order valence-corrected chi connectivity index (χ1v) is 7.64. The number of aromatic nitrogens is 3. The molecular weight excluding hydrogens is 331 g/mol. The molecule has 0 saturated heterocycles. The summed E-state index contributed by atoms with van der Waals surface area (Å²) in [4.78, 5) is 0. The van der Waals surface area contributed by atoms with Crippen LogP contribution in [0.5, 0.6) is 5.75 Å². The molecule has 25 heavy (non-hydrogen) atoms. The summed E-state index contributed by atoms with van der Waals surface area (Å²) in [6, 6.07) is 6.62. The summed E-state index contributed by atoms with van der Waals surface area (Å²) in [5.41, 5.74) is 4.74. The average molecular weight is 351 g/mol. The molecule has 2 heterocycles. The monoisotopic (exact) mass is 351 g/mol. The van der Waals surface area contributed by atoms with Gasteiger partial charge in [0.1, 0.15) is 5.75 Å². The Morgan fingerprint density at radius 3 is 1.68 bits per heavy atom. The molecule has 0 unspecified atom stereocenters. The van der Waals surface area contributed by atoms with E-state index in [0.29, 0.717) is 7.18 Å². The molecule has 0 fully saturated rings. The highest BCUT2D eigenvalue weighted by Crippen LogP contribution is 2.32. The number of alkyl halides is 3. The molecule has 7 heteroatoms. The molecule has 3 aromatic rings. The van der Waals surface area contributed by atoms with Crippen LogP contribution in [-0.4, -0.2) is 28.6 Å². The van der Waals surface area contributed by atoms with Crippen molar-refractivity contribution >= 4 is 10.8 Å². The number of nitrogens with zero attached hydrogens (tertiary/aromatic N) is 3. The third-order valence-electron chi connectivity index (χ3n) is 4.04. The Hall–Kier alpha value is -2.57. The molecular formula is C18H20F3N3O. The average Bonchev–Trinajstić information content (AvgIpc) is 2.86. The highest BCUT2D eigenvalue weighted by molar-refractivity contribution is 5.92. The number of fused-ring (bicyclic) bond motifs is 1. The number of halogens is 3. The topological polar surface area (TPSA) is 39.9 Å². The van der Waals surface area contributed by atoms with Crippen molar-refractivity contribution in [1.29, 1.82) is 0 Å². The molecule has 0 aliphatic heterocycles. The first kappa shape index (κ1) is 18.8. The van der Waals surface area contributed by atoms with Gasteiger partial charge in [-0.25, -0.2) is 0 Å². The molecule has 0 amide bonds. The van der Waals surface area contributed by atoms with Crippen LogP contribution in [0.15, 0.2) is 24.3 Å². The van der Waals surface area contributed by atoms with Gasteiger partial charge in [-0.05, 0) is 52.0 Å². The first-order valence-electron chi connectivity index (χ1n) is 7.64. The van der Waals surface area contributed by atoms with Crippen LogP contribution in [0, 0.1) is 27.7 Å². The van der Waals surface area contributed by atoms with E-state index in [1.54, 1.807) is 24.3 Å². The van der Waals surface area contributed by atoms with E-state index in [-0.39, 0.29) is 5.75 Å². The zero-order valence-electron chi connectivity index (χ0n) is 14.8. The molecule has 0 atom stereocenters. The fourth-order valence-electron chi connectivity index (χ4n) is 3.14. The normalized spacial score (nSPS) is 10.8. The Labute approximate surface area is 144 Å². The van der Waals surface area contributed by atoms with Gasteiger partial charge in [-0.2, -0.15) is 19.0 Å². The quantitative estimate of drug-likeness (QED) is 0.678. The minimum Gasteiger partial charge on any atom is -0.435 e. The standard InChI is InChI=1S/C17H17F2N3O.CH3F/c1-9-15-11(3)22(12(4)16(15)10(2)21-20-9)13-5-7-14(8-6-13)23-17(18)19;1-2/h5-8,17H,1-4H3;1H3. The number of ether oxygens (including phenoxy) is 1. The van der Waals surface area contributed by atoms with E-state index >= 15 is 0 Å². The van der Waals surface area contributed by atoms with Crippen molar-refractivity contribution in [3.8, 4) is 11.4 Å². The molecule has 0 N–H and O–H groups in total. The summed E-state index contributed by atoms with van der Waals surface area (Å²) in [7, 11) is 0.500. The summed E-state index contributed by atoms with van der Waals surface area (Å²) < 4.78 is 40.5. The van der Waals surface area contributed by atoms with E-state index in [1.165, 1.54) is 0 Å². The third kappa shape index (κ3) is 3.45. The van der Waals surface area contributed by atoms with Crippen LogP contribution in [0.1, 0.15) is 22.8 Å². The summed E-state index contributed by atoms with van der Waals surface area (Å²) >= 11 is 0. The molecule has 0 saturated carbocycles. The van der Waals surface area contributed by atoms with E-state index in [2.05, 4.69) is 19.5 Å². The molecule has 1 aromatic carbocycles. The van der Waals surface area contributed by atoms with Crippen molar-refractivity contribution < 1.29 is 17.9 Å². The Morgan fingerprint density at radius 2 is 1.28 bits per heavy atom. The van der Waals surface area contributed by atoms with Crippen molar-refractivity contribution in [3.63, 3.8) is 0 Å². The van der Waals surface area contributed by atoms with Crippen LogP contribution >= 0.6 is 0 Å². The Morgan fingerprint density at radius 1 is 0.840 bits per heavy atom. The van der Waals surface area contributed by atoms with Gasteiger partial charge in [0, 0.05) is 27.8 Å². The lowest BCUT2D eigenvalue weighted by molar-refractivity contribution is -0.0498. The Balaban J connectivity index is 0.00000109. The largest absolute Gasteiger partial charge is 0.435 e. The van der Waals surface area contributed by atoms with E-state index in [9.17, 15) is 13.2 Å². The van der Waals surface area contributed by atoms with Crippen LogP contribution in [0.25, 0.3) is 16.5 Å². The first-order chi connectivity index (χ1) is 11.9. The van der Waals surface area contributed by atoms with Gasteiger partial charge in [0.05, 0.1) is 18.6 Å². The van der Waals surface area contributed by atoms with Crippen LogP contribution in [0.3, 0.4) is 0 Å². The summed E-state index contributed by atoms with van der Waals surface area (Å²) in [5.74, 6) is 0.145. The highest BCUT2D eigenvalue weighted by Gasteiger charge is 2.17. The second-order valence-corrected chi connectivity index (χ2v) is 5.50. The fraction of sp³-hybridized carbons (Fsp3) is 0.333. The fourth-order valence-corrected chi connectivity index (χ4v) is 3.14. The van der Waals surface area contributed by atoms with Gasteiger partial charge in [0.25, 0.3) is 0 Å². The van der Waals surface area contributed by atoms with Crippen molar-refractivity contribution in [2.24, 2.45) is 0 Å². The van der Waals surface area contributed by atoms with E-state index in [0.717, 1.165) is 39.2 Å². The van der Waals surface area contributed by atoms with Crippen LogP contribution in [0.4, 0.5) is 13.2 Å². The molecule has 0 bridgehead atoms. The second kappa shape index (κ2) is 7.55. The van der Waals surface area contributed by atoms with E-state index in [4.69, 9.17) is 0 Å². The van der Waals surface area contributed by atoms with Gasteiger partial charge in [0.15, 0.2) is 0 Å². The van der Waals surface area contributed by atoms with Gasteiger partial charge in [0.2, 0.25) is 0 Å². The second-order valence-electron chi connectivity index (χ2n) is 5.50. The number of aryl methyl sites for hydroxylation is 4. The molecule has 2 aromatic heterocycles. The maximum atomic E-state index is 12.3. The number of rotatable bonds is 3. The number of benzene rings is 1. The van der Waals surface area contributed by atoms with Gasteiger partial charge in [-0.15, -0.1) is 0 Å². The molecule has 0 spiro atoms. The Bertz CT molecular complexity index is 829. The summed E-state index contributed by atoms with van der Waals surface area (Å²) in [6.07, 6.45) is 0. The lowest BCUT2D eigenvalue weighted by Gasteiger charge is -2.11. The highest BCUT2D eigenvalue weighted by atomic mass is 19.3. The number of hydrogen-bond acceptors (Lipinski definition) is 3. The van der Waals surface area contributed by atoms with Crippen LogP contribution < -0.4 is 4.74 Å². The third-order valence-corrected chi connectivity index (χ3v) is 4.04. The van der Waals surface area contributed by atoms with Gasteiger partial charge < -0.3 is 9.30 Å². The van der Waals surface area contributed by atoms with Crippen molar-refractivity contribution in [3.05, 3.63) is 47.0 Å². The van der Waals surface area contributed by atoms with Gasteiger partial charge in [-0.3, -0.25) is 4.39 Å². The lowest BCUT2D eigenvalue weighted by Crippen LogP contribution is -2.03. The minimum atomic E-state index is -2.82. The zero-order chi connectivity index (χ0) is 18.7. The van der Waals surface area contributed by atoms with Gasteiger partial charge in [-0.1, -0.05) is 0 Å². The molecule has 0 radical (unpaired) electrons. The molecule has 0 aliphatic carbocycles. The maximum absolute atomic E-state index is 12.3. The molecule has 3 rings (SSSR count).